The van der Waals surface area contributed by atoms with E-state index in [1.165, 1.54) is 33.5 Å². The monoisotopic (exact) mass is 367 g/mol. The Morgan fingerprint density at radius 2 is 1.61 bits per heavy atom. The van der Waals surface area contributed by atoms with Gasteiger partial charge in [-0.05, 0) is 54.3 Å². The molecule has 3 aromatic carbocycles. The first kappa shape index (κ1) is 18.1. The molecule has 0 radical (unpaired) electrons. The molecule has 0 spiro atoms. The third-order valence-electron chi connectivity index (χ3n) is 5.32. The Morgan fingerprint density at radius 3 is 2.25 bits per heavy atom. The zero-order valence-electron chi connectivity index (χ0n) is 16.7. The third kappa shape index (κ3) is 3.01. The standard InChI is InChI=1S/C26H25NO/c1-5-23-25-17-18(2)11-16-24(25)19(3)27(21-12-14-22(28-4)15-13-21)26(23)20-9-7-6-8-10-20/h6-17H,3,5H2,1-2,4H3. The number of methoxy groups -OCH3 is 1. The van der Waals surface area contributed by atoms with Crippen LogP contribution in [-0.4, -0.2) is 7.11 Å². The van der Waals surface area contributed by atoms with E-state index in [1.807, 2.05) is 12.1 Å². The molecule has 2 nitrogen and oxygen atoms in total. The molecule has 3 aromatic rings. The average molecular weight is 367 g/mol. The van der Waals surface area contributed by atoms with E-state index in [1.54, 1.807) is 7.11 Å². The number of nitrogens with zero attached hydrogens (tertiary/aromatic N) is 1. The first-order chi connectivity index (χ1) is 13.6. The molecule has 1 aliphatic heterocycles. The van der Waals surface area contributed by atoms with Crippen molar-refractivity contribution in [1.82, 2.24) is 0 Å². The first-order valence-corrected chi connectivity index (χ1v) is 9.67. The maximum absolute atomic E-state index is 5.35. The van der Waals surface area contributed by atoms with Crippen molar-refractivity contribution in [3.63, 3.8) is 0 Å². The molecule has 28 heavy (non-hydrogen) atoms. The van der Waals surface area contributed by atoms with Gasteiger partial charge in [0, 0.05) is 16.9 Å². The topological polar surface area (TPSA) is 12.5 Å². The summed E-state index contributed by atoms with van der Waals surface area (Å²) in [5.41, 5.74) is 9.57. The van der Waals surface area contributed by atoms with Gasteiger partial charge in [-0.1, -0.05) is 67.6 Å². The lowest BCUT2D eigenvalue weighted by molar-refractivity contribution is 0.415. The maximum atomic E-state index is 5.35. The summed E-state index contributed by atoms with van der Waals surface area (Å²) in [5.74, 6) is 0.850. The molecule has 0 fully saturated rings. The highest BCUT2D eigenvalue weighted by molar-refractivity contribution is 6.10. The Morgan fingerprint density at radius 1 is 0.893 bits per heavy atom. The summed E-state index contributed by atoms with van der Waals surface area (Å²) >= 11 is 0. The lowest BCUT2D eigenvalue weighted by atomic mass is 9.86. The summed E-state index contributed by atoms with van der Waals surface area (Å²) in [7, 11) is 1.69. The average Bonchev–Trinajstić information content (AvgIpc) is 2.74. The van der Waals surface area contributed by atoms with Crippen LogP contribution in [0.3, 0.4) is 0 Å². The molecule has 0 saturated heterocycles. The number of fused-ring (bicyclic) bond motifs is 1. The van der Waals surface area contributed by atoms with E-state index in [4.69, 9.17) is 4.74 Å². The van der Waals surface area contributed by atoms with Gasteiger partial charge < -0.3 is 9.64 Å². The van der Waals surface area contributed by atoms with Gasteiger partial charge in [-0.15, -0.1) is 0 Å². The number of aryl methyl sites for hydroxylation is 1. The van der Waals surface area contributed by atoms with Crippen LogP contribution in [0, 0.1) is 6.92 Å². The Hall–Kier alpha value is -3.26. The summed E-state index contributed by atoms with van der Waals surface area (Å²) in [4.78, 5) is 2.28. The van der Waals surface area contributed by atoms with Crippen molar-refractivity contribution in [3.8, 4) is 5.75 Å². The maximum Gasteiger partial charge on any atom is 0.119 e. The molecule has 0 aromatic heterocycles. The van der Waals surface area contributed by atoms with E-state index in [-0.39, 0.29) is 0 Å². The van der Waals surface area contributed by atoms with E-state index in [2.05, 4.69) is 86.0 Å². The molecular formula is C26H25NO. The van der Waals surface area contributed by atoms with E-state index in [0.29, 0.717) is 0 Å². The zero-order valence-corrected chi connectivity index (χ0v) is 16.7. The second-order valence-corrected chi connectivity index (χ2v) is 7.08. The predicted molar refractivity (Wildman–Crippen MR) is 119 cm³/mol. The zero-order chi connectivity index (χ0) is 19.7. The van der Waals surface area contributed by atoms with Gasteiger partial charge in [0.1, 0.15) is 5.75 Å². The molecule has 0 amide bonds. The number of allylic oxidation sites excluding steroid dienone is 1. The Labute approximate surface area is 167 Å². The van der Waals surface area contributed by atoms with Crippen LogP contribution in [0.15, 0.2) is 79.4 Å². The summed E-state index contributed by atoms with van der Waals surface area (Å²) in [5, 5.41) is 0. The van der Waals surface area contributed by atoms with E-state index in [0.717, 1.165) is 23.6 Å². The van der Waals surface area contributed by atoms with Crippen LogP contribution < -0.4 is 9.64 Å². The minimum atomic E-state index is 0.850. The normalized spacial score (nSPS) is 13.5. The van der Waals surface area contributed by atoms with Crippen molar-refractivity contribution in [2.75, 3.05) is 12.0 Å². The third-order valence-corrected chi connectivity index (χ3v) is 5.32. The number of hydrogen-bond donors (Lipinski definition) is 0. The van der Waals surface area contributed by atoms with Gasteiger partial charge in [-0.2, -0.15) is 0 Å². The van der Waals surface area contributed by atoms with E-state index in [9.17, 15) is 0 Å². The summed E-state index contributed by atoms with van der Waals surface area (Å²) < 4.78 is 5.35. The summed E-state index contributed by atoms with van der Waals surface area (Å²) in [6, 6.07) is 25.4. The lowest BCUT2D eigenvalue weighted by Gasteiger charge is -2.37. The predicted octanol–water partition coefficient (Wildman–Crippen LogP) is 6.77. The van der Waals surface area contributed by atoms with Crippen LogP contribution >= 0.6 is 0 Å². The van der Waals surface area contributed by atoms with Gasteiger partial charge in [0.15, 0.2) is 0 Å². The fraction of sp³-hybridized carbons (Fsp3) is 0.154. The summed E-state index contributed by atoms with van der Waals surface area (Å²) in [6.07, 6.45) is 0.945. The highest BCUT2D eigenvalue weighted by Gasteiger charge is 2.29. The number of anilines is 1. The van der Waals surface area contributed by atoms with Gasteiger partial charge in [0.2, 0.25) is 0 Å². The van der Waals surface area contributed by atoms with Crippen molar-refractivity contribution in [2.45, 2.75) is 20.3 Å². The second-order valence-electron chi connectivity index (χ2n) is 7.08. The molecule has 0 saturated carbocycles. The van der Waals surface area contributed by atoms with E-state index < -0.39 is 0 Å². The van der Waals surface area contributed by atoms with E-state index >= 15 is 0 Å². The molecule has 0 bridgehead atoms. The minimum absolute atomic E-state index is 0.850. The number of benzene rings is 3. The number of rotatable bonds is 4. The fourth-order valence-electron chi connectivity index (χ4n) is 3.95. The fourth-order valence-corrected chi connectivity index (χ4v) is 3.95. The SMILES string of the molecule is C=C1c2ccc(C)cc2C(CC)=C(c2ccccc2)N1c1ccc(OC)cc1. The van der Waals surface area contributed by atoms with Crippen LogP contribution in [0.1, 0.15) is 35.6 Å². The van der Waals surface area contributed by atoms with Crippen molar-refractivity contribution >= 4 is 22.7 Å². The van der Waals surface area contributed by atoms with Gasteiger partial charge in [-0.3, -0.25) is 0 Å². The Kier molecular flexibility index (Phi) is 4.79. The molecule has 4 rings (SSSR count). The molecule has 0 N–H and O–H groups in total. The highest BCUT2D eigenvalue weighted by atomic mass is 16.5. The van der Waals surface area contributed by atoms with Crippen LogP contribution in [0.25, 0.3) is 17.0 Å². The van der Waals surface area contributed by atoms with Crippen molar-refractivity contribution in [3.05, 3.63) is 102 Å². The molecule has 140 valence electrons. The van der Waals surface area contributed by atoms with Gasteiger partial charge >= 0.3 is 0 Å². The first-order valence-electron chi connectivity index (χ1n) is 9.67. The van der Waals surface area contributed by atoms with Gasteiger partial charge in [0.05, 0.1) is 12.8 Å². The Bertz CT molecular complexity index is 1050. The van der Waals surface area contributed by atoms with Crippen LogP contribution in [0.2, 0.25) is 0 Å². The van der Waals surface area contributed by atoms with Crippen LogP contribution in [0.4, 0.5) is 5.69 Å². The molecule has 1 aliphatic rings. The lowest BCUT2D eigenvalue weighted by Crippen LogP contribution is -2.25. The van der Waals surface area contributed by atoms with Crippen LogP contribution in [0.5, 0.6) is 5.75 Å². The minimum Gasteiger partial charge on any atom is -0.497 e. The molecule has 0 unspecified atom stereocenters. The number of ether oxygens (including phenoxy) is 1. The second kappa shape index (κ2) is 7.40. The van der Waals surface area contributed by atoms with Crippen molar-refractivity contribution in [2.24, 2.45) is 0 Å². The molecular weight excluding hydrogens is 342 g/mol. The molecule has 1 heterocycles. The number of hydrogen-bond acceptors (Lipinski definition) is 2. The van der Waals surface area contributed by atoms with Crippen LogP contribution in [-0.2, 0) is 0 Å². The summed E-state index contributed by atoms with van der Waals surface area (Å²) in [6.45, 7) is 8.86. The Balaban J connectivity index is 2.00. The largest absolute Gasteiger partial charge is 0.497 e. The quantitative estimate of drug-likeness (QED) is 0.504. The van der Waals surface area contributed by atoms with Gasteiger partial charge in [-0.25, -0.2) is 0 Å². The molecule has 0 aliphatic carbocycles. The van der Waals surface area contributed by atoms with Crippen molar-refractivity contribution in [1.29, 1.82) is 0 Å². The van der Waals surface area contributed by atoms with Gasteiger partial charge in [0.25, 0.3) is 0 Å². The smallest absolute Gasteiger partial charge is 0.119 e. The van der Waals surface area contributed by atoms with Crippen molar-refractivity contribution < 1.29 is 4.74 Å². The molecule has 2 heteroatoms. The molecule has 0 atom stereocenters. The highest BCUT2D eigenvalue weighted by Crippen LogP contribution is 2.46.